The molecule has 1 amide bonds. The molecule has 2 fully saturated rings. The number of hydrogen-bond acceptors (Lipinski definition) is 3. The smallest absolute Gasteiger partial charge is 0.227 e. The molecule has 1 aromatic carbocycles. The Morgan fingerprint density at radius 1 is 1.13 bits per heavy atom. The van der Waals surface area contributed by atoms with Crippen LogP contribution in [0.3, 0.4) is 0 Å². The van der Waals surface area contributed by atoms with E-state index < -0.39 is 0 Å². The number of likely N-dealkylation sites (tertiary alicyclic amines) is 1. The molecule has 1 N–H and O–H groups in total. The highest BCUT2D eigenvalue weighted by Crippen LogP contribution is 2.33. The minimum Gasteiger partial charge on any atom is -0.497 e. The molecule has 2 atom stereocenters. The van der Waals surface area contributed by atoms with Gasteiger partial charge in [0.1, 0.15) is 5.75 Å². The lowest BCUT2D eigenvalue weighted by Crippen LogP contribution is -2.44. The highest BCUT2D eigenvalue weighted by Gasteiger charge is 2.32. The fourth-order valence-corrected chi connectivity index (χ4v) is 3.84. The number of rotatable bonds is 3. The lowest BCUT2D eigenvalue weighted by molar-refractivity contribution is -0.138. The number of carbonyl (C=O) groups excluding carboxylic acids is 1. The largest absolute Gasteiger partial charge is 0.497 e. The van der Waals surface area contributed by atoms with Gasteiger partial charge >= 0.3 is 0 Å². The Kier molecular flexibility index (Phi) is 5.55. The number of hydrogen-bond donors (Lipinski definition) is 1. The van der Waals surface area contributed by atoms with Crippen LogP contribution in [0, 0.1) is 5.92 Å². The van der Waals surface area contributed by atoms with Gasteiger partial charge in [0.25, 0.3) is 0 Å². The van der Waals surface area contributed by atoms with Gasteiger partial charge in [-0.2, -0.15) is 0 Å². The third-order valence-corrected chi connectivity index (χ3v) is 5.18. The Balaban J connectivity index is 1.79. The SMILES string of the molecule is COc1ccc(C2CCCCCN2C(=O)C2CCCNC2)cc1. The van der Waals surface area contributed by atoms with E-state index in [-0.39, 0.29) is 12.0 Å². The van der Waals surface area contributed by atoms with Crippen molar-refractivity contribution in [1.29, 1.82) is 0 Å². The highest BCUT2D eigenvalue weighted by atomic mass is 16.5. The molecule has 0 saturated carbocycles. The number of carbonyl (C=O) groups is 1. The van der Waals surface area contributed by atoms with Gasteiger partial charge in [-0.05, 0) is 49.9 Å². The van der Waals surface area contributed by atoms with Gasteiger partial charge in [-0.15, -0.1) is 0 Å². The summed E-state index contributed by atoms with van der Waals surface area (Å²) in [6.45, 7) is 2.78. The van der Waals surface area contributed by atoms with Crippen LogP contribution in [0.15, 0.2) is 24.3 Å². The molecule has 2 unspecified atom stereocenters. The maximum atomic E-state index is 13.1. The number of nitrogens with zero attached hydrogens (tertiary/aromatic N) is 1. The summed E-state index contributed by atoms with van der Waals surface area (Å²) >= 11 is 0. The third-order valence-electron chi connectivity index (χ3n) is 5.18. The first-order valence-electron chi connectivity index (χ1n) is 8.95. The van der Waals surface area contributed by atoms with Gasteiger partial charge in [0.05, 0.1) is 19.1 Å². The first kappa shape index (κ1) is 16.3. The predicted molar refractivity (Wildman–Crippen MR) is 91.5 cm³/mol. The quantitative estimate of drug-likeness (QED) is 0.931. The number of nitrogens with one attached hydrogen (secondary N) is 1. The molecule has 4 nitrogen and oxygen atoms in total. The van der Waals surface area contributed by atoms with Gasteiger partial charge in [-0.1, -0.05) is 25.0 Å². The van der Waals surface area contributed by atoms with E-state index in [1.54, 1.807) is 7.11 Å². The van der Waals surface area contributed by atoms with Crippen LogP contribution in [0.4, 0.5) is 0 Å². The predicted octanol–water partition coefficient (Wildman–Crippen LogP) is 3.14. The monoisotopic (exact) mass is 316 g/mol. The number of methoxy groups -OCH3 is 1. The zero-order valence-electron chi connectivity index (χ0n) is 14.1. The lowest BCUT2D eigenvalue weighted by atomic mass is 9.95. The Hall–Kier alpha value is -1.55. The topological polar surface area (TPSA) is 41.6 Å². The van der Waals surface area contributed by atoms with Gasteiger partial charge in [0.2, 0.25) is 5.91 Å². The van der Waals surface area contributed by atoms with Crippen molar-refractivity contribution in [2.24, 2.45) is 5.92 Å². The van der Waals surface area contributed by atoms with Crippen molar-refractivity contribution in [3.05, 3.63) is 29.8 Å². The zero-order chi connectivity index (χ0) is 16.1. The van der Waals surface area contributed by atoms with E-state index >= 15 is 0 Å². The van der Waals surface area contributed by atoms with E-state index in [4.69, 9.17) is 4.74 Å². The van der Waals surface area contributed by atoms with Crippen molar-refractivity contribution >= 4 is 5.91 Å². The van der Waals surface area contributed by atoms with E-state index in [1.807, 2.05) is 12.1 Å². The van der Waals surface area contributed by atoms with Crippen molar-refractivity contribution < 1.29 is 9.53 Å². The molecule has 2 saturated heterocycles. The van der Waals surface area contributed by atoms with Crippen LogP contribution in [0.5, 0.6) is 5.75 Å². The molecular weight excluding hydrogens is 288 g/mol. The van der Waals surface area contributed by atoms with Crippen molar-refractivity contribution in [2.75, 3.05) is 26.7 Å². The fourth-order valence-electron chi connectivity index (χ4n) is 3.84. The van der Waals surface area contributed by atoms with E-state index in [2.05, 4.69) is 22.3 Å². The Labute approximate surface area is 139 Å². The van der Waals surface area contributed by atoms with Crippen LogP contribution in [0.1, 0.15) is 50.1 Å². The molecule has 0 aliphatic carbocycles. The average Bonchev–Trinajstić information content (AvgIpc) is 2.88. The van der Waals surface area contributed by atoms with Crippen molar-refractivity contribution in [3.8, 4) is 5.75 Å². The van der Waals surface area contributed by atoms with Crippen LogP contribution in [0.25, 0.3) is 0 Å². The van der Waals surface area contributed by atoms with Crippen LogP contribution in [-0.4, -0.2) is 37.6 Å². The molecule has 0 bridgehead atoms. The second kappa shape index (κ2) is 7.82. The molecule has 4 heteroatoms. The number of amides is 1. The van der Waals surface area contributed by atoms with Crippen LogP contribution >= 0.6 is 0 Å². The van der Waals surface area contributed by atoms with E-state index in [0.717, 1.165) is 51.1 Å². The Morgan fingerprint density at radius 2 is 1.96 bits per heavy atom. The summed E-state index contributed by atoms with van der Waals surface area (Å²) in [5.74, 6) is 1.37. The maximum Gasteiger partial charge on any atom is 0.227 e. The number of benzene rings is 1. The van der Waals surface area contributed by atoms with Crippen LogP contribution < -0.4 is 10.1 Å². The van der Waals surface area contributed by atoms with E-state index in [0.29, 0.717) is 5.91 Å². The third kappa shape index (κ3) is 3.86. The number of piperidine rings is 1. The Morgan fingerprint density at radius 3 is 2.65 bits per heavy atom. The summed E-state index contributed by atoms with van der Waals surface area (Å²) in [7, 11) is 1.69. The molecule has 2 aliphatic heterocycles. The summed E-state index contributed by atoms with van der Waals surface area (Å²) < 4.78 is 5.26. The molecule has 23 heavy (non-hydrogen) atoms. The standard InChI is InChI=1S/C19H28N2O2/c1-23-17-10-8-15(9-11-17)18-7-3-2-4-13-21(18)19(22)16-6-5-12-20-14-16/h8-11,16,18,20H,2-7,12-14H2,1H3. The van der Waals surface area contributed by atoms with E-state index in [9.17, 15) is 4.79 Å². The van der Waals surface area contributed by atoms with Gasteiger partial charge < -0.3 is 15.0 Å². The highest BCUT2D eigenvalue weighted by molar-refractivity contribution is 5.79. The van der Waals surface area contributed by atoms with Gasteiger partial charge in [-0.3, -0.25) is 4.79 Å². The summed E-state index contributed by atoms with van der Waals surface area (Å²) in [6.07, 6.45) is 6.74. The minimum atomic E-state index is 0.155. The second-order valence-corrected chi connectivity index (χ2v) is 6.71. The lowest BCUT2D eigenvalue weighted by Gasteiger charge is -2.35. The van der Waals surface area contributed by atoms with Crippen molar-refractivity contribution in [1.82, 2.24) is 10.2 Å². The summed E-state index contributed by atoms with van der Waals surface area (Å²) in [5, 5.41) is 3.38. The van der Waals surface area contributed by atoms with Crippen LogP contribution in [0.2, 0.25) is 0 Å². The minimum absolute atomic E-state index is 0.155. The molecular formula is C19H28N2O2. The van der Waals surface area contributed by atoms with E-state index in [1.165, 1.54) is 18.4 Å². The van der Waals surface area contributed by atoms with Gasteiger partial charge in [0.15, 0.2) is 0 Å². The molecule has 0 aromatic heterocycles. The Bertz CT molecular complexity index is 509. The van der Waals surface area contributed by atoms with Crippen LogP contribution in [-0.2, 0) is 4.79 Å². The summed E-state index contributed by atoms with van der Waals surface area (Å²) in [5.41, 5.74) is 1.24. The fraction of sp³-hybridized carbons (Fsp3) is 0.632. The van der Waals surface area contributed by atoms with Gasteiger partial charge in [0, 0.05) is 13.1 Å². The second-order valence-electron chi connectivity index (χ2n) is 6.71. The zero-order valence-corrected chi connectivity index (χ0v) is 14.1. The molecule has 1 aromatic rings. The van der Waals surface area contributed by atoms with Gasteiger partial charge in [-0.25, -0.2) is 0 Å². The normalized spacial score (nSPS) is 25.7. The molecule has 0 radical (unpaired) electrons. The average molecular weight is 316 g/mol. The molecule has 3 rings (SSSR count). The molecule has 0 spiro atoms. The summed E-state index contributed by atoms with van der Waals surface area (Å²) in [4.78, 5) is 15.2. The summed E-state index contributed by atoms with van der Waals surface area (Å²) in [6, 6.07) is 8.47. The number of ether oxygens (including phenoxy) is 1. The maximum absolute atomic E-state index is 13.1. The molecule has 126 valence electrons. The van der Waals surface area contributed by atoms with Crippen molar-refractivity contribution in [3.63, 3.8) is 0 Å². The van der Waals surface area contributed by atoms with Crippen molar-refractivity contribution in [2.45, 2.75) is 44.6 Å². The molecule has 2 heterocycles. The first-order chi connectivity index (χ1) is 11.3. The molecule has 2 aliphatic rings. The first-order valence-corrected chi connectivity index (χ1v) is 8.95.